The number of aromatic nitrogens is 1. The van der Waals surface area contributed by atoms with E-state index < -0.39 is 0 Å². The highest BCUT2D eigenvalue weighted by Gasteiger charge is 2.23. The van der Waals surface area contributed by atoms with Crippen LogP contribution in [-0.2, 0) is 17.9 Å². The summed E-state index contributed by atoms with van der Waals surface area (Å²) >= 11 is 0. The fraction of sp³-hybridized carbons (Fsp3) is 0.538. The average molecular weight is 248 g/mol. The topological polar surface area (TPSA) is 71.2 Å². The third-order valence-electron chi connectivity index (χ3n) is 3.25. The molecule has 0 bridgehead atoms. The van der Waals surface area contributed by atoms with Gasteiger partial charge in [0.2, 0.25) is 5.91 Å². The summed E-state index contributed by atoms with van der Waals surface area (Å²) < 4.78 is 0. The summed E-state index contributed by atoms with van der Waals surface area (Å²) in [4.78, 5) is 17.6. The second-order valence-corrected chi connectivity index (χ2v) is 4.73. The molecular weight excluding hydrogens is 228 g/mol. The second kappa shape index (κ2) is 5.93. The van der Waals surface area contributed by atoms with Crippen LogP contribution in [0.3, 0.4) is 0 Å². The van der Waals surface area contributed by atoms with Crippen LogP contribution < -0.4 is 11.1 Å². The van der Waals surface area contributed by atoms with Crippen LogP contribution in [0.25, 0.3) is 0 Å². The van der Waals surface area contributed by atoms with Crippen molar-refractivity contribution in [2.45, 2.75) is 32.5 Å². The quantitative estimate of drug-likeness (QED) is 0.801. The SMILES string of the molecule is CC(=O)NC1CCN(Cc2cccnc2CN)C1. The van der Waals surface area contributed by atoms with Crippen LogP contribution >= 0.6 is 0 Å². The van der Waals surface area contributed by atoms with Crippen molar-refractivity contribution < 1.29 is 4.79 Å². The first-order chi connectivity index (χ1) is 8.69. The Balaban J connectivity index is 1.93. The number of carbonyl (C=O) groups is 1. The first-order valence-corrected chi connectivity index (χ1v) is 6.31. The minimum absolute atomic E-state index is 0.0471. The molecule has 18 heavy (non-hydrogen) atoms. The van der Waals surface area contributed by atoms with Gasteiger partial charge in [-0.05, 0) is 18.1 Å². The summed E-state index contributed by atoms with van der Waals surface area (Å²) in [6.45, 7) is 4.80. The van der Waals surface area contributed by atoms with Crippen molar-refractivity contribution in [1.29, 1.82) is 0 Å². The Labute approximate surface area is 107 Å². The summed E-state index contributed by atoms with van der Waals surface area (Å²) in [6.07, 6.45) is 2.79. The van der Waals surface area contributed by atoms with Gasteiger partial charge in [0.1, 0.15) is 0 Å². The number of carbonyl (C=O) groups excluding carboxylic acids is 1. The van der Waals surface area contributed by atoms with Crippen LogP contribution in [0.2, 0.25) is 0 Å². The number of hydrogen-bond acceptors (Lipinski definition) is 4. The van der Waals surface area contributed by atoms with Gasteiger partial charge in [-0.25, -0.2) is 0 Å². The molecule has 1 aliphatic rings. The maximum Gasteiger partial charge on any atom is 0.217 e. The zero-order valence-electron chi connectivity index (χ0n) is 10.7. The van der Waals surface area contributed by atoms with Crippen molar-refractivity contribution in [3.05, 3.63) is 29.6 Å². The number of pyridine rings is 1. The molecule has 3 N–H and O–H groups in total. The standard InChI is InChI=1S/C13H20N4O/c1-10(18)16-12-4-6-17(9-12)8-11-3-2-5-15-13(11)7-14/h2-3,5,12H,4,6-9,14H2,1H3,(H,16,18). The predicted molar refractivity (Wildman–Crippen MR) is 69.6 cm³/mol. The molecule has 1 atom stereocenters. The zero-order chi connectivity index (χ0) is 13.0. The van der Waals surface area contributed by atoms with Crippen LogP contribution in [0.4, 0.5) is 0 Å². The van der Waals surface area contributed by atoms with E-state index in [1.807, 2.05) is 6.07 Å². The highest BCUT2D eigenvalue weighted by Crippen LogP contribution is 2.15. The van der Waals surface area contributed by atoms with Gasteiger partial charge in [0.15, 0.2) is 0 Å². The molecule has 0 spiro atoms. The third kappa shape index (κ3) is 3.27. The molecular formula is C13H20N4O. The third-order valence-corrected chi connectivity index (χ3v) is 3.25. The van der Waals surface area contributed by atoms with Crippen LogP contribution in [0, 0.1) is 0 Å². The number of amides is 1. The minimum Gasteiger partial charge on any atom is -0.352 e. The molecule has 5 nitrogen and oxygen atoms in total. The number of nitrogens with zero attached hydrogens (tertiary/aromatic N) is 2. The van der Waals surface area contributed by atoms with Gasteiger partial charge in [-0.3, -0.25) is 14.7 Å². The highest BCUT2D eigenvalue weighted by atomic mass is 16.1. The van der Waals surface area contributed by atoms with Crippen molar-refractivity contribution in [3.8, 4) is 0 Å². The molecule has 1 aromatic heterocycles. The maximum absolute atomic E-state index is 11.0. The minimum atomic E-state index is 0.0471. The maximum atomic E-state index is 11.0. The normalized spacial score (nSPS) is 20.0. The van der Waals surface area contributed by atoms with Crippen LogP contribution in [0.1, 0.15) is 24.6 Å². The van der Waals surface area contributed by atoms with Gasteiger partial charge in [0.25, 0.3) is 0 Å². The number of likely N-dealkylation sites (tertiary alicyclic amines) is 1. The first kappa shape index (κ1) is 13.0. The van der Waals surface area contributed by atoms with Gasteiger partial charge in [-0.2, -0.15) is 0 Å². The van der Waals surface area contributed by atoms with Gasteiger partial charge < -0.3 is 11.1 Å². The lowest BCUT2D eigenvalue weighted by Crippen LogP contribution is -2.35. The molecule has 98 valence electrons. The fourth-order valence-corrected chi connectivity index (χ4v) is 2.42. The largest absolute Gasteiger partial charge is 0.352 e. The van der Waals surface area contributed by atoms with Crippen LogP contribution in [0.5, 0.6) is 0 Å². The summed E-state index contributed by atoms with van der Waals surface area (Å²) in [5.74, 6) is 0.0471. The molecule has 1 fully saturated rings. The van der Waals surface area contributed by atoms with Crippen molar-refractivity contribution in [2.75, 3.05) is 13.1 Å². The highest BCUT2D eigenvalue weighted by molar-refractivity contribution is 5.73. The number of hydrogen-bond donors (Lipinski definition) is 2. The summed E-state index contributed by atoms with van der Waals surface area (Å²) in [7, 11) is 0. The average Bonchev–Trinajstić information content (AvgIpc) is 2.76. The zero-order valence-corrected chi connectivity index (χ0v) is 10.7. The van der Waals surface area contributed by atoms with E-state index in [1.54, 1.807) is 13.1 Å². The van der Waals surface area contributed by atoms with E-state index in [4.69, 9.17) is 5.73 Å². The van der Waals surface area contributed by atoms with E-state index in [0.717, 1.165) is 31.7 Å². The van der Waals surface area contributed by atoms with Gasteiger partial charge in [0.05, 0.1) is 5.69 Å². The fourth-order valence-electron chi connectivity index (χ4n) is 2.42. The van der Waals surface area contributed by atoms with Crippen LogP contribution in [-0.4, -0.2) is 34.9 Å². The first-order valence-electron chi connectivity index (χ1n) is 6.31. The lowest BCUT2D eigenvalue weighted by molar-refractivity contribution is -0.119. The van der Waals surface area contributed by atoms with E-state index in [2.05, 4.69) is 21.3 Å². The van der Waals surface area contributed by atoms with Gasteiger partial charge in [-0.1, -0.05) is 6.07 Å². The molecule has 1 unspecified atom stereocenters. The van der Waals surface area contributed by atoms with Gasteiger partial charge in [-0.15, -0.1) is 0 Å². The molecule has 5 heteroatoms. The lowest BCUT2D eigenvalue weighted by Gasteiger charge is -2.17. The molecule has 0 saturated carbocycles. The molecule has 2 rings (SSSR count). The number of nitrogens with two attached hydrogens (primary N) is 1. The Bertz CT molecular complexity index is 421. The molecule has 0 aromatic carbocycles. The Kier molecular flexibility index (Phi) is 4.28. The van der Waals surface area contributed by atoms with E-state index in [9.17, 15) is 4.79 Å². The summed E-state index contributed by atoms with van der Waals surface area (Å²) in [5.41, 5.74) is 7.82. The Morgan fingerprint density at radius 1 is 1.67 bits per heavy atom. The van der Waals surface area contributed by atoms with Gasteiger partial charge in [0, 0.05) is 45.3 Å². The lowest BCUT2D eigenvalue weighted by atomic mass is 10.2. The van der Waals surface area contributed by atoms with Crippen molar-refractivity contribution >= 4 is 5.91 Å². The smallest absolute Gasteiger partial charge is 0.217 e. The molecule has 0 radical (unpaired) electrons. The molecule has 2 heterocycles. The Morgan fingerprint density at radius 2 is 2.50 bits per heavy atom. The van der Waals surface area contributed by atoms with Crippen LogP contribution in [0.15, 0.2) is 18.3 Å². The summed E-state index contributed by atoms with van der Waals surface area (Å²) in [5, 5.41) is 2.97. The predicted octanol–water partition coefficient (Wildman–Crippen LogP) is 0.251. The van der Waals surface area contributed by atoms with E-state index in [1.165, 1.54) is 5.56 Å². The van der Waals surface area contributed by atoms with E-state index >= 15 is 0 Å². The van der Waals surface area contributed by atoms with Crippen molar-refractivity contribution in [3.63, 3.8) is 0 Å². The monoisotopic (exact) mass is 248 g/mol. The molecule has 1 aromatic rings. The van der Waals surface area contributed by atoms with E-state index in [0.29, 0.717) is 6.54 Å². The van der Waals surface area contributed by atoms with Crippen molar-refractivity contribution in [1.82, 2.24) is 15.2 Å². The molecule has 1 aliphatic heterocycles. The molecule has 1 amide bonds. The Morgan fingerprint density at radius 3 is 3.22 bits per heavy atom. The molecule has 1 saturated heterocycles. The number of rotatable bonds is 4. The number of nitrogens with one attached hydrogen (secondary N) is 1. The van der Waals surface area contributed by atoms with E-state index in [-0.39, 0.29) is 11.9 Å². The molecule has 0 aliphatic carbocycles. The van der Waals surface area contributed by atoms with Gasteiger partial charge >= 0.3 is 0 Å². The second-order valence-electron chi connectivity index (χ2n) is 4.73. The Hall–Kier alpha value is -1.46. The van der Waals surface area contributed by atoms with Crippen molar-refractivity contribution in [2.24, 2.45) is 5.73 Å². The summed E-state index contributed by atoms with van der Waals surface area (Å²) in [6, 6.07) is 4.29.